The fraction of sp³-hybridized carbons (Fsp3) is 0.211. The first kappa shape index (κ1) is 18.2. The largest absolute Gasteiger partial charge is 0.419 e. The standard InChI is InChI=1S/C19H20N4O4/c1-13-6-8-14(9-7-13)20-12-18(25)22-21-17(24)10-11-23-15-4-2-3-5-16(15)27-19(23)26/h2-9,20H,10-12H2,1H3,(H,21,24)(H,22,25). The van der Waals surface area contributed by atoms with Crippen molar-refractivity contribution in [2.75, 3.05) is 11.9 Å². The number of carbonyl (C=O) groups excluding carboxylic acids is 2. The molecule has 0 unspecified atom stereocenters. The molecule has 1 aromatic heterocycles. The zero-order chi connectivity index (χ0) is 19.2. The van der Waals surface area contributed by atoms with E-state index in [2.05, 4.69) is 16.2 Å². The lowest BCUT2D eigenvalue weighted by Gasteiger charge is -2.09. The van der Waals surface area contributed by atoms with Gasteiger partial charge in [-0.3, -0.25) is 25.0 Å². The van der Waals surface area contributed by atoms with Crippen LogP contribution in [0.3, 0.4) is 0 Å². The van der Waals surface area contributed by atoms with Gasteiger partial charge < -0.3 is 9.73 Å². The number of fused-ring (bicyclic) bond motifs is 1. The summed E-state index contributed by atoms with van der Waals surface area (Å²) in [5.41, 5.74) is 7.70. The molecule has 2 aromatic carbocycles. The molecule has 27 heavy (non-hydrogen) atoms. The first-order chi connectivity index (χ1) is 13.0. The van der Waals surface area contributed by atoms with Gasteiger partial charge in [-0.1, -0.05) is 29.8 Å². The van der Waals surface area contributed by atoms with Crippen molar-refractivity contribution in [1.82, 2.24) is 15.4 Å². The molecule has 1 heterocycles. The molecule has 0 fully saturated rings. The highest BCUT2D eigenvalue weighted by molar-refractivity contribution is 5.84. The summed E-state index contributed by atoms with van der Waals surface area (Å²) in [6.45, 7) is 2.15. The molecule has 0 aliphatic carbocycles. The van der Waals surface area contributed by atoms with Gasteiger partial charge >= 0.3 is 5.76 Å². The van der Waals surface area contributed by atoms with Crippen LogP contribution in [0.2, 0.25) is 0 Å². The van der Waals surface area contributed by atoms with Crippen LogP contribution in [0.5, 0.6) is 0 Å². The number of nitrogens with zero attached hydrogens (tertiary/aromatic N) is 1. The van der Waals surface area contributed by atoms with Crippen LogP contribution in [0.4, 0.5) is 5.69 Å². The number of carbonyl (C=O) groups is 2. The molecule has 0 aliphatic rings. The van der Waals surface area contributed by atoms with E-state index in [1.807, 2.05) is 31.2 Å². The van der Waals surface area contributed by atoms with Gasteiger partial charge in [0.1, 0.15) is 0 Å². The zero-order valence-electron chi connectivity index (χ0n) is 14.8. The minimum atomic E-state index is -0.518. The second-order valence-corrected chi connectivity index (χ2v) is 6.05. The van der Waals surface area contributed by atoms with Crippen molar-refractivity contribution in [1.29, 1.82) is 0 Å². The van der Waals surface area contributed by atoms with Crippen LogP contribution in [0.15, 0.2) is 57.7 Å². The van der Waals surface area contributed by atoms with Gasteiger partial charge in [-0.15, -0.1) is 0 Å². The fourth-order valence-corrected chi connectivity index (χ4v) is 2.54. The summed E-state index contributed by atoms with van der Waals surface area (Å²) < 4.78 is 6.49. The molecule has 2 amide bonds. The van der Waals surface area contributed by atoms with Gasteiger partial charge in [0.15, 0.2) is 5.58 Å². The summed E-state index contributed by atoms with van der Waals surface area (Å²) in [6.07, 6.45) is 0.0229. The van der Waals surface area contributed by atoms with Gasteiger partial charge in [-0.05, 0) is 31.2 Å². The van der Waals surface area contributed by atoms with Gasteiger partial charge in [-0.2, -0.15) is 0 Å². The van der Waals surface area contributed by atoms with Crippen LogP contribution in [0.25, 0.3) is 11.1 Å². The van der Waals surface area contributed by atoms with E-state index in [0.29, 0.717) is 11.1 Å². The Morgan fingerprint density at radius 1 is 1.00 bits per heavy atom. The fourth-order valence-electron chi connectivity index (χ4n) is 2.54. The van der Waals surface area contributed by atoms with E-state index < -0.39 is 11.7 Å². The third-order valence-corrected chi connectivity index (χ3v) is 3.98. The number of hydrogen-bond acceptors (Lipinski definition) is 5. The first-order valence-electron chi connectivity index (χ1n) is 8.49. The summed E-state index contributed by atoms with van der Waals surface area (Å²) >= 11 is 0. The number of para-hydroxylation sites is 2. The highest BCUT2D eigenvalue weighted by atomic mass is 16.4. The zero-order valence-corrected chi connectivity index (χ0v) is 14.8. The van der Waals surface area contributed by atoms with E-state index >= 15 is 0 Å². The molecular formula is C19H20N4O4. The highest BCUT2D eigenvalue weighted by Crippen LogP contribution is 2.12. The Balaban J connectivity index is 1.44. The number of hydrogen-bond donors (Lipinski definition) is 3. The third-order valence-electron chi connectivity index (χ3n) is 3.98. The summed E-state index contributed by atoms with van der Waals surface area (Å²) in [5.74, 6) is -1.30. The molecule has 8 heteroatoms. The Morgan fingerprint density at radius 2 is 1.70 bits per heavy atom. The monoisotopic (exact) mass is 368 g/mol. The topological polar surface area (TPSA) is 105 Å². The normalized spacial score (nSPS) is 10.6. The Kier molecular flexibility index (Phi) is 5.55. The molecule has 0 spiro atoms. The van der Waals surface area contributed by atoms with E-state index in [0.717, 1.165) is 11.3 Å². The minimum absolute atomic E-state index is 0.0229. The molecule has 3 aromatic rings. The van der Waals surface area contributed by atoms with E-state index in [1.165, 1.54) is 4.57 Å². The second-order valence-electron chi connectivity index (χ2n) is 6.05. The number of amides is 2. The van der Waals surface area contributed by atoms with Crippen LogP contribution in [0.1, 0.15) is 12.0 Å². The van der Waals surface area contributed by atoms with E-state index in [1.54, 1.807) is 24.3 Å². The smallest absolute Gasteiger partial charge is 0.408 e. The number of benzene rings is 2. The minimum Gasteiger partial charge on any atom is -0.408 e. The third kappa shape index (κ3) is 4.75. The number of anilines is 1. The summed E-state index contributed by atoms with van der Waals surface area (Å²) in [7, 11) is 0. The Hall–Kier alpha value is -3.55. The molecule has 0 aliphatic heterocycles. The number of hydrazine groups is 1. The summed E-state index contributed by atoms with van der Waals surface area (Å²) in [6, 6.07) is 14.6. The van der Waals surface area contributed by atoms with E-state index in [9.17, 15) is 14.4 Å². The number of rotatable bonds is 6. The Bertz CT molecular complexity index is 1000. The van der Waals surface area contributed by atoms with Crippen LogP contribution in [0, 0.1) is 6.92 Å². The summed E-state index contributed by atoms with van der Waals surface area (Å²) in [5, 5.41) is 2.96. The van der Waals surface area contributed by atoms with Crippen molar-refractivity contribution in [2.45, 2.75) is 19.9 Å². The van der Waals surface area contributed by atoms with Gasteiger partial charge in [-0.25, -0.2) is 4.79 Å². The lowest BCUT2D eigenvalue weighted by molar-refractivity contribution is -0.128. The van der Waals surface area contributed by atoms with E-state index in [4.69, 9.17) is 4.42 Å². The van der Waals surface area contributed by atoms with Crippen molar-refractivity contribution < 1.29 is 14.0 Å². The first-order valence-corrected chi connectivity index (χ1v) is 8.49. The predicted molar refractivity (Wildman–Crippen MR) is 101 cm³/mol. The second kappa shape index (κ2) is 8.22. The molecule has 0 atom stereocenters. The van der Waals surface area contributed by atoms with Crippen molar-refractivity contribution >= 4 is 28.6 Å². The molecular weight excluding hydrogens is 348 g/mol. The van der Waals surface area contributed by atoms with Gasteiger partial charge in [0, 0.05) is 18.7 Å². The molecule has 140 valence electrons. The maximum Gasteiger partial charge on any atom is 0.419 e. The SMILES string of the molecule is Cc1ccc(NCC(=O)NNC(=O)CCn2c(=O)oc3ccccc32)cc1. The molecule has 0 radical (unpaired) electrons. The van der Waals surface area contributed by atoms with Crippen LogP contribution >= 0.6 is 0 Å². The van der Waals surface area contributed by atoms with Gasteiger partial charge in [0.2, 0.25) is 5.91 Å². The van der Waals surface area contributed by atoms with Crippen molar-refractivity contribution in [3.63, 3.8) is 0 Å². The molecule has 8 nitrogen and oxygen atoms in total. The van der Waals surface area contributed by atoms with Crippen LogP contribution in [-0.2, 0) is 16.1 Å². The quantitative estimate of drug-likeness (QED) is 0.573. The van der Waals surface area contributed by atoms with Crippen LogP contribution < -0.4 is 21.9 Å². The molecule has 3 N–H and O–H groups in total. The van der Waals surface area contributed by atoms with Crippen molar-refractivity contribution in [3.8, 4) is 0 Å². The molecule has 3 rings (SSSR count). The van der Waals surface area contributed by atoms with E-state index in [-0.39, 0.29) is 25.4 Å². The lowest BCUT2D eigenvalue weighted by atomic mass is 10.2. The molecule has 0 saturated carbocycles. The number of nitrogens with one attached hydrogen (secondary N) is 3. The van der Waals surface area contributed by atoms with Gasteiger partial charge in [0.05, 0.1) is 12.1 Å². The highest BCUT2D eigenvalue weighted by Gasteiger charge is 2.11. The Labute approximate surface area is 155 Å². The average Bonchev–Trinajstić information content (AvgIpc) is 2.99. The molecule has 0 bridgehead atoms. The van der Waals surface area contributed by atoms with Crippen molar-refractivity contribution in [3.05, 3.63) is 64.6 Å². The van der Waals surface area contributed by atoms with Gasteiger partial charge in [0.25, 0.3) is 5.91 Å². The number of oxazole rings is 1. The predicted octanol–water partition coefficient (Wildman–Crippen LogP) is 1.55. The lowest BCUT2D eigenvalue weighted by Crippen LogP contribution is -2.44. The average molecular weight is 368 g/mol. The number of aryl methyl sites for hydroxylation is 2. The molecule has 0 saturated heterocycles. The Morgan fingerprint density at radius 3 is 2.48 bits per heavy atom. The maximum absolute atomic E-state index is 11.9. The maximum atomic E-state index is 11.9. The summed E-state index contributed by atoms with van der Waals surface area (Å²) in [4.78, 5) is 35.5. The van der Waals surface area contributed by atoms with Crippen LogP contribution in [-0.4, -0.2) is 22.9 Å². The number of aromatic nitrogens is 1. The van der Waals surface area contributed by atoms with Crippen molar-refractivity contribution in [2.24, 2.45) is 0 Å².